The van der Waals surface area contributed by atoms with Crippen molar-refractivity contribution in [1.82, 2.24) is 0 Å². The second kappa shape index (κ2) is 6.55. The maximum atomic E-state index is 11.4. The molecule has 0 bridgehead atoms. The first-order valence-corrected chi connectivity index (χ1v) is 5.73. The molecule has 0 aliphatic rings. The Labute approximate surface area is 98.8 Å². The Balaban J connectivity index is 2.50. The SMILES string of the molecule is C#Cc1cccc(NC(=O)CSCC#N)c1. The van der Waals surface area contributed by atoms with Crippen LogP contribution < -0.4 is 5.32 Å². The first-order valence-electron chi connectivity index (χ1n) is 4.57. The fourth-order valence-electron chi connectivity index (χ4n) is 1.07. The van der Waals surface area contributed by atoms with Gasteiger partial charge in [-0.05, 0) is 18.2 Å². The van der Waals surface area contributed by atoms with Crippen LogP contribution in [0.1, 0.15) is 5.56 Å². The largest absolute Gasteiger partial charge is 0.325 e. The molecule has 16 heavy (non-hydrogen) atoms. The molecule has 0 atom stereocenters. The maximum Gasteiger partial charge on any atom is 0.234 e. The first-order chi connectivity index (χ1) is 7.76. The van der Waals surface area contributed by atoms with Gasteiger partial charge in [0.25, 0.3) is 0 Å². The molecule has 0 aliphatic heterocycles. The van der Waals surface area contributed by atoms with Gasteiger partial charge < -0.3 is 5.32 Å². The fourth-order valence-corrected chi connectivity index (χ4v) is 1.52. The second-order valence-electron chi connectivity index (χ2n) is 2.92. The number of nitriles is 1. The number of benzene rings is 1. The highest BCUT2D eigenvalue weighted by Gasteiger charge is 2.02. The average molecular weight is 230 g/mol. The van der Waals surface area contributed by atoms with E-state index < -0.39 is 0 Å². The standard InChI is InChI=1S/C12H10N2OS/c1-2-10-4-3-5-11(8-10)14-12(15)9-16-7-6-13/h1,3-5,8H,7,9H2,(H,14,15). The third kappa shape index (κ3) is 4.08. The van der Waals surface area contributed by atoms with Crippen LogP contribution in [-0.2, 0) is 4.79 Å². The Bertz CT molecular complexity index is 457. The summed E-state index contributed by atoms with van der Waals surface area (Å²) in [7, 11) is 0. The van der Waals surface area contributed by atoms with Crippen molar-refractivity contribution in [3.63, 3.8) is 0 Å². The molecule has 1 amide bonds. The van der Waals surface area contributed by atoms with Gasteiger partial charge in [-0.3, -0.25) is 4.79 Å². The van der Waals surface area contributed by atoms with Crippen molar-refractivity contribution in [3.05, 3.63) is 29.8 Å². The first kappa shape index (κ1) is 12.2. The Morgan fingerprint density at radius 1 is 1.56 bits per heavy atom. The number of thioether (sulfide) groups is 1. The predicted octanol–water partition coefficient (Wildman–Crippen LogP) is 1.86. The summed E-state index contributed by atoms with van der Waals surface area (Å²) in [5.74, 6) is 2.95. The van der Waals surface area contributed by atoms with Gasteiger partial charge in [0.1, 0.15) is 0 Å². The molecule has 0 radical (unpaired) electrons. The van der Waals surface area contributed by atoms with E-state index in [1.807, 2.05) is 6.07 Å². The van der Waals surface area contributed by atoms with Crippen LogP contribution in [0.15, 0.2) is 24.3 Å². The Hall–Kier alpha value is -1.91. The van der Waals surface area contributed by atoms with Crippen molar-refractivity contribution in [2.24, 2.45) is 0 Å². The van der Waals surface area contributed by atoms with Gasteiger partial charge in [-0.2, -0.15) is 5.26 Å². The molecule has 80 valence electrons. The Kier molecular flexibility index (Phi) is 4.98. The number of nitrogens with zero attached hydrogens (tertiary/aromatic N) is 1. The molecule has 0 aromatic heterocycles. The van der Waals surface area contributed by atoms with Gasteiger partial charge in [0, 0.05) is 11.3 Å². The number of carbonyl (C=O) groups excluding carboxylic acids is 1. The maximum absolute atomic E-state index is 11.4. The van der Waals surface area contributed by atoms with Crippen LogP contribution in [0.5, 0.6) is 0 Å². The van der Waals surface area contributed by atoms with Crippen LogP contribution >= 0.6 is 11.8 Å². The van der Waals surface area contributed by atoms with E-state index in [0.717, 1.165) is 5.56 Å². The minimum absolute atomic E-state index is 0.130. The number of hydrogen-bond donors (Lipinski definition) is 1. The van der Waals surface area contributed by atoms with Crippen molar-refractivity contribution in [3.8, 4) is 18.4 Å². The summed E-state index contributed by atoms with van der Waals surface area (Å²) in [6.07, 6.45) is 5.24. The fraction of sp³-hybridized carbons (Fsp3) is 0.167. The molecule has 0 saturated heterocycles. The number of rotatable bonds is 4. The third-order valence-corrected chi connectivity index (χ3v) is 2.51. The molecule has 0 saturated carbocycles. The summed E-state index contributed by atoms with van der Waals surface area (Å²) in [5, 5.41) is 11.0. The number of nitrogens with one attached hydrogen (secondary N) is 1. The minimum Gasteiger partial charge on any atom is -0.325 e. The number of carbonyl (C=O) groups is 1. The van der Waals surface area contributed by atoms with E-state index in [2.05, 4.69) is 11.2 Å². The number of amides is 1. The summed E-state index contributed by atoms with van der Waals surface area (Å²) in [5.41, 5.74) is 1.40. The molecule has 0 fully saturated rings. The lowest BCUT2D eigenvalue weighted by Gasteiger charge is -2.04. The number of anilines is 1. The molecule has 1 rings (SSSR count). The van der Waals surface area contributed by atoms with E-state index in [9.17, 15) is 4.79 Å². The molecule has 1 aromatic carbocycles. The lowest BCUT2D eigenvalue weighted by atomic mass is 10.2. The van der Waals surface area contributed by atoms with Crippen LogP contribution in [0.25, 0.3) is 0 Å². The molecule has 3 nitrogen and oxygen atoms in total. The molecule has 0 unspecified atom stereocenters. The highest BCUT2D eigenvalue weighted by molar-refractivity contribution is 8.00. The van der Waals surface area contributed by atoms with Crippen LogP contribution in [0, 0.1) is 23.7 Å². The van der Waals surface area contributed by atoms with Gasteiger partial charge in [-0.25, -0.2) is 0 Å². The molecular weight excluding hydrogens is 220 g/mol. The summed E-state index contributed by atoms with van der Waals surface area (Å²) >= 11 is 1.28. The van der Waals surface area contributed by atoms with Crippen LogP contribution in [0.3, 0.4) is 0 Å². The van der Waals surface area contributed by atoms with E-state index in [1.54, 1.807) is 24.3 Å². The highest BCUT2D eigenvalue weighted by Crippen LogP contribution is 2.10. The van der Waals surface area contributed by atoms with E-state index in [1.165, 1.54) is 11.8 Å². The smallest absolute Gasteiger partial charge is 0.234 e. The van der Waals surface area contributed by atoms with Crippen molar-refractivity contribution >= 4 is 23.4 Å². The Morgan fingerprint density at radius 2 is 2.38 bits per heavy atom. The van der Waals surface area contributed by atoms with Gasteiger partial charge in [-0.1, -0.05) is 12.0 Å². The molecule has 0 aliphatic carbocycles. The van der Waals surface area contributed by atoms with Crippen LogP contribution in [-0.4, -0.2) is 17.4 Å². The summed E-state index contributed by atoms with van der Waals surface area (Å²) < 4.78 is 0. The number of hydrogen-bond acceptors (Lipinski definition) is 3. The zero-order valence-corrected chi connectivity index (χ0v) is 9.38. The molecule has 4 heteroatoms. The lowest BCUT2D eigenvalue weighted by molar-refractivity contribution is -0.113. The van der Waals surface area contributed by atoms with Crippen molar-refractivity contribution in [1.29, 1.82) is 5.26 Å². The van der Waals surface area contributed by atoms with E-state index >= 15 is 0 Å². The average Bonchev–Trinajstić information content (AvgIpc) is 2.29. The third-order valence-electron chi connectivity index (χ3n) is 1.71. The van der Waals surface area contributed by atoms with Crippen molar-refractivity contribution in [2.75, 3.05) is 16.8 Å². The Morgan fingerprint density at radius 3 is 3.06 bits per heavy atom. The zero-order valence-electron chi connectivity index (χ0n) is 8.56. The van der Waals surface area contributed by atoms with Crippen molar-refractivity contribution < 1.29 is 4.79 Å². The van der Waals surface area contributed by atoms with Gasteiger partial charge in [-0.15, -0.1) is 18.2 Å². The number of terminal acetylenes is 1. The zero-order chi connectivity index (χ0) is 11.8. The summed E-state index contributed by atoms with van der Waals surface area (Å²) in [4.78, 5) is 11.4. The molecule has 1 aromatic rings. The minimum atomic E-state index is -0.130. The monoisotopic (exact) mass is 230 g/mol. The molecule has 1 N–H and O–H groups in total. The van der Waals surface area contributed by atoms with Gasteiger partial charge in [0.2, 0.25) is 5.91 Å². The normalized spacial score (nSPS) is 8.88. The van der Waals surface area contributed by atoms with Crippen LogP contribution in [0.4, 0.5) is 5.69 Å². The van der Waals surface area contributed by atoms with E-state index in [4.69, 9.17) is 11.7 Å². The molecule has 0 heterocycles. The lowest BCUT2D eigenvalue weighted by Crippen LogP contribution is -2.14. The van der Waals surface area contributed by atoms with Crippen molar-refractivity contribution in [2.45, 2.75) is 0 Å². The molecule has 0 spiro atoms. The second-order valence-corrected chi connectivity index (χ2v) is 3.91. The van der Waals surface area contributed by atoms with E-state index in [0.29, 0.717) is 11.4 Å². The van der Waals surface area contributed by atoms with Gasteiger partial charge in [0.05, 0.1) is 17.6 Å². The quantitative estimate of drug-likeness (QED) is 0.634. The van der Waals surface area contributed by atoms with Gasteiger partial charge >= 0.3 is 0 Å². The summed E-state index contributed by atoms with van der Waals surface area (Å²) in [6.45, 7) is 0. The van der Waals surface area contributed by atoms with Gasteiger partial charge in [0.15, 0.2) is 0 Å². The predicted molar refractivity (Wildman–Crippen MR) is 65.9 cm³/mol. The highest BCUT2D eigenvalue weighted by atomic mass is 32.2. The summed E-state index contributed by atoms with van der Waals surface area (Å²) in [6, 6.07) is 9.04. The van der Waals surface area contributed by atoms with E-state index in [-0.39, 0.29) is 11.7 Å². The molecular formula is C12H10N2OS. The van der Waals surface area contributed by atoms with Crippen LogP contribution in [0.2, 0.25) is 0 Å². The topological polar surface area (TPSA) is 52.9 Å².